The molecule has 1 aromatic rings. The van der Waals surface area contributed by atoms with Gasteiger partial charge in [-0.1, -0.05) is 19.3 Å². The average molecular weight is 234 g/mol. The van der Waals surface area contributed by atoms with Crippen molar-refractivity contribution in [2.24, 2.45) is 0 Å². The average Bonchev–Trinajstić information content (AvgIpc) is 2.29. The number of aliphatic hydroxyl groups is 1. The number of aromatic nitrogens is 1. The minimum absolute atomic E-state index is 0.476. The fourth-order valence-corrected chi connectivity index (χ4v) is 2.34. The van der Waals surface area contributed by atoms with Gasteiger partial charge in [-0.15, -0.1) is 0 Å². The summed E-state index contributed by atoms with van der Waals surface area (Å²) in [6, 6.07) is 4.01. The highest BCUT2D eigenvalue weighted by atomic mass is 16.3. The van der Waals surface area contributed by atoms with Gasteiger partial charge in [0, 0.05) is 13.1 Å². The first-order chi connectivity index (χ1) is 8.27. The van der Waals surface area contributed by atoms with Crippen LogP contribution in [0.1, 0.15) is 50.8 Å². The molecule has 0 radical (unpaired) electrons. The number of anilines is 1. The molecular formula is C14H22N2O. The lowest BCUT2D eigenvalue weighted by Gasteiger charge is -2.26. The Balaban J connectivity index is 2.04. The first kappa shape index (κ1) is 12.4. The van der Waals surface area contributed by atoms with Crippen LogP contribution in [0.3, 0.4) is 0 Å². The van der Waals surface area contributed by atoms with Gasteiger partial charge in [0.25, 0.3) is 0 Å². The maximum Gasteiger partial charge on any atom is 0.0931 e. The molecule has 1 aliphatic rings. The summed E-state index contributed by atoms with van der Waals surface area (Å²) >= 11 is 0. The standard InChI is InChI=1S/C14H22N2O/c1-12(17)14-8-7-13(11-15-14)16-9-5-3-2-4-6-10-16/h7-8,11-12,17H,2-6,9-10H2,1H3/t12-/m1/s1. The molecule has 1 fully saturated rings. The molecule has 0 spiro atoms. The highest BCUT2D eigenvalue weighted by Gasteiger charge is 2.10. The third-order valence-corrected chi connectivity index (χ3v) is 3.42. The van der Waals surface area contributed by atoms with Crippen LogP contribution < -0.4 is 4.90 Å². The molecule has 94 valence electrons. The molecule has 0 bridgehead atoms. The Morgan fingerprint density at radius 3 is 2.29 bits per heavy atom. The van der Waals surface area contributed by atoms with E-state index in [1.807, 2.05) is 12.3 Å². The van der Waals surface area contributed by atoms with Gasteiger partial charge in [0.2, 0.25) is 0 Å². The lowest BCUT2D eigenvalue weighted by Crippen LogP contribution is -2.27. The maximum absolute atomic E-state index is 9.43. The second kappa shape index (κ2) is 6.01. The summed E-state index contributed by atoms with van der Waals surface area (Å²) in [5, 5.41) is 9.43. The van der Waals surface area contributed by atoms with Crippen LogP contribution in [0.15, 0.2) is 18.3 Å². The van der Waals surface area contributed by atoms with Gasteiger partial charge >= 0.3 is 0 Å². The lowest BCUT2D eigenvalue weighted by molar-refractivity contribution is 0.194. The number of nitrogens with zero attached hydrogens (tertiary/aromatic N) is 2. The van der Waals surface area contributed by atoms with Crippen LogP contribution in [0, 0.1) is 0 Å². The molecule has 17 heavy (non-hydrogen) atoms. The van der Waals surface area contributed by atoms with Gasteiger partial charge < -0.3 is 10.0 Å². The molecule has 1 saturated heterocycles. The maximum atomic E-state index is 9.43. The molecule has 0 aliphatic carbocycles. The zero-order valence-corrected chi connectivity index (χ0v) is 10.6. The van der Waals surface area contributed by atoms with E-state index in [2.05, 4.69) is 16.0 Å². The van der Waals surface area contributed by atoms with E-state index in [0.717, 1.165) is 18.8 Å². The number of hydrogen-bond acceptors (Lipinski definition) is 3. The minimum atomic E-state index is -0.476. The van der Waals surface area contributed by atoms with E-state index in [1.54, 1.807) is 6.92 Å². The highest BCUT2D eigenvalue weighted by Crippen LogP contribution is 2.19. The summed E-state index contributed by atoms with van der Waals surface area (Å²) in [6.45, 7) is 4.02. The Morgan fingerprint density at radius 2 is 1.76 bits per heavy atom. The number of rotatable bonds is 2. The smallest absolute Gasteiger partial charge is 0.0931 e. The second-order valence-corrected chi connectivity index (χ2v) is 4.87. The van der Waals surface area contributed by atoms with Crippen LogP contribution in [-0.4, -0.2) is 23.2 Å². The Hall–Kier alpha value is -1.09. The molecule has 2 rings (SSSR count). The van der Waals surface area contributed by atoms with Crippen LogP contribution in [0.25, 0.3) is 0 Å². The van der Waals surface area contributed by atoms with E-state index >= 15 is 0 Å². The van der Waals surface area contributed by atoms with Crippen LogP contribution in [0.5, 0.6) is 0 Å². The number of pyridine rings is 1. The van der Waals surface area contributed by atoms with Crippen LogP contribution in [0.4, 0.5) is 5.69 Å². The van der Waals surface area contributed by atoms with Crippen LogP contribution in [-0.2, 0) is 0 Å². The zero-order valence-electron chi connectivity index (χ0n) is 10.6. The minimum Gasteiger partial charge on any atom is -0.387 e. The summed E-state index contributed by atoms with van der Waals surface area (Å²) in [7, 11) is 0. The van der Waals surface area contributed by atoms with Crippen molar-refractivity contribution in [2.75, 3.05) is 18.0 Å². The third kappa shape index (κ3) is 3.43. The lowest BCUT2D eigenvalue weighted by atomic mass is 10.1. The summed E-state index contributed by atoms with van der Waals surface area (Å²) in [6.07, 6.45) is 8.04. The Morgan fingerprint density at radius 1 is 1.12 bits per heavy atom. The fraction of sp³-hybridized carbons (Fsp3) is 0.643. The van der Waals surface area contributed by atoms with Crippen LogP contribution >= 0.6 is 0 Å². The largest absolute Gasteiger partial charge is 0.387 e. The molecule has 1 aromatic heterocycles. The summed E-state index contributed by atoms with van der Waals surface area (Å²) in [4.78, 5) is 6.73. The molecule has 3 nitrogen and oxygen atoms in total. The molecular weight excluding hydrogens is 212 g/mol. The molecule has 0 saturated carbocycles. The van der Waals surface area contributed by atoms with Crippen molar-refractivity contribution >= 4 is 5.69 Å². The molecule has 1 atom stereocenters. The van der Waals surface area contributed by atoms with E-state index in [4.69, 9.17) is 0 Å². The molecule has 3 heteroatoms. The molecule has 1 aliphatic heterocycles. The Bertz CT molecular complexity index is 327. The monoisotopic (exact) mass is 234 g/mol. The van der Waals surface area contributed by atoms with Gasteiger partial charge in [-0.25, -0.2) is 0 Å². The molecule has 0 aromatic carbocycles. The Labute approximate surface area is 103 Å². The van der Waals surface area contributed by atoms with Gasteiger partial charge in [-0.05, 0) is 31.9 Å². The normalized spacial score (nSPS) is 19.5. The van der Waals surface area contributed by atoms with Crippen molar-refractivity contribution in [3.05, 3.63) is 24.0 Å². The molecule has 1 N–H and O–H groups in total. The predicted molar refractivity (Wildman–Crippen MR) is 70.2 cm³/mol. The number of hydrogen-bond donors (Lipinski definition) is 1. The fourth-order valence-electron chi connectivity index (χ4n) is 2.34. The van der Waals surface area contributed by atoms with E-state index in [1.165, 1.54) is 37.8 Å². The molecule has 0 amide bonds. The van der Waals surface area contributed by atoms with E-state index < -0.39 is 6.10 Å². The molecule has 2 heterocycles. The first-order valence-corrected chi connectivity index (χ1v) is 6.66. The summed E-state index contributed by atoms with van der Waals surface area (Å²) < 4.78 is 0. The quantitative estimate of drug-likeness (QED) is 0.854. The van der Waals surface area contributed by atoms with Crippen molar-refractivity contribution in [3.8, 4) is 0 Å². The summed E-state index contributed by atoms with van der Waals surface area (Å²) in [5.41, 5.74) is 1.94. The van der Waals surface area contributed by atoms with Gasteiger partial charge in [0.05, 0.1) is 23.7 Å². The topological polar surface area (TPSA) is 36.4 Å². The van der Waals surface area contributed by atoms with Gasteiger partial charge in [0.1, 0.15) is 0 Å². The predicted octanol–water partition coefficient (Wildman–Crippen LogP) is 2.91. The van der Waals surface area contributed by atoms with Gasteiger partial charge in [-0.2, -0.15) is 0 Å². The van der Waals surface area contributed by atoms with Gasteiger partial charge in [0.15, 0.2) is 0 Å². The highest BCUT2D eigenvalue weighted by molar-refractivity contribution is 5.44. The van der Waals surface area contributed by atoms with Crippen molar-refractivity contribution in [2.45, 2.75) is 45.1 Å². The third-order valence-electron chi connectivity index (χ3n) is 3.42. The first-order valence-electron chi connectivity index (χ1n) is 6.66. The molecule has 0 unspecified atom stereocenters. The SMILES string of the molecule is C[C@@H](O)c1ccc(N2CCCCCCC2)cn1. The van der Waals surface area contributed by atoms with E-state index in [9.17, 15) is 5.11 Å². The zero-order chi connectivity index (χ0) is 12.1. The second-order valence-electron chi connectivity index (χ2n) is 4.87. The number of aliphatic hydroxyl groups excluding tert-OH is 1. The van der Waals surface area contributed by atoms with Crippen LogP contribution in [0.2, 0.25) is 0 Å². The van der Waals surface area contributed by atoms with E-state index in [0.29, 0.717) is 0 Å². The van der Waals surface area contributed by atoms with Crippen molar-refractivity contribution < 1.29 is 5.11 Å². The van der Waals surface area contributed by atoms with Crippen molar-refractivity contribution in [3.63, 3.8) is 0 Å². The Kier molecular flexibility index (Phi) is 4.37. The van der Waals surface area contributed by atoms with Crippen molar-refractivity contribution in [1.82, 2.24) is 4.98 Å². The van der Waals surface area contributed by atoms with Crippen molar-refractivity contribution in [1.29, 1.82) is 0 Å². The summed E-state index contributed by atoms with van der Waals surface area (Å²) in [5.74, 6) is 0. The van der Waals surface area contributed by atoms with Gasteiger partial charge in [-0.3, -0.25) is 4.98 Å². The van der Waals surface area contributed by atoms with E-state index in [-0.39, 0.29) is 0 Å².